The number of nitrogens with zero attached hydrogens (tertiary/aromatic N) is 4. The Kier molecular flexibility index (Phi) is 5.44. The van der Waals surface area contributed by atoms with Gasteiger partial charge in [-0.25, -0.2) is 13.9 Å². The van der Waals surface area contributed by atoms with Crippen LogP contribution in [0.2, 0.25) is 0 Å². The van der Waals surface area contributed by atoms with E-state index in [0.717, 1.165) is 12.1 Å². The molecule has 9 heteroatoms. The van der Waals surface area contributed by atoms with Crippen LogP contribution < -0.4 is 4.74 Å². The molecule has 158 valence electrons. The van der Waals surface area contributed by atoms with E-state index in [1.807, 2.05) is 16.8 Å². The quantitative estimate of drug-likeness (QED) is 0.667. The number of amides is 1. The van der Waals surface area contributed by atoms with Gasteiger partial charge in [-0.3, -0.25) is 0 Å². The van der Waals surface area contributed by atoms with Crippen LogP contribution in [0.15, 0.2) is 16.6 Å². The fourth-order valence-electron chi connectivity index (χ4n) is 3.43. The zero-order chi connectivity index (χ0) is 20.8. The molecule has 7 nitrogen and oxygen atoms in total. The maximum absolute atomic E-state index is 14.8. The number of aromatic nitrogens is 3. The van der Waals surface area contributed by atoms with Gasteiger partial charge in [0, 0.05) is 19.5 Å². The lowest BCUT2D eigenvalue weighted by molar-refractivity contribution is -0.0106. The van der Waals surface area contributed by atoms with Gasteiger partial charge in [-0.15, -0.1) is 5.10 Å². The molecule has 0 bridgehead atoms. The number of piperidine rings is 1. The first-order valence-electron chi connectivity index (χ1n) is 10.0. The molecule has 1 aromatic carbocycles. The first-order valence-corrected chi connectivity index (χ1v) is 10.8. The number of ether oxygens (including phenoxy) is 2. The summed E-state index contributed by atoms with van der Waals surface area (Å²) in [7, 11) is 0. The number of hydrogen-bond acceptors (Lipinski definition) is 5. The highest BCUT2D eigenvalue weighted by molar-refractivity contribution is 9.10. The summed E-state index contributed by atoms with van der Waals surface area (Å²) in [5.41, 5.74) is 1.05. The van der Waals surface area contributed by atoms with Crippen LogP contribution in [0.4, 0.5) is 9.18 Å². The van der Waals surface area contributed by atoms with Gasteiger partial charge in [0.1, 0.15) is 23.0 Å². The highest BCUT2D eigenvalue weighted by atomic mass is 79.9. The van der Waals surface area contributed by atoms with E-state index in [0.29, 0.717) is 34.6 Å². The summed E-state index contributed by atoms with van der Waals surface area (Å²) >= 11 is 3.54. The van der Waals surface area contributed by atoms with Gasteiger partial charge in [0.25, 0.3) is 0 Å². The second-order valence-corrected chi connectivity index (χ2v) is 9.64. The monoisotopic (exact) mass is 468 g/mol. The van der Waals surface area contributed by atoms with Gasteiger partial charge in [-0.2, -0.15) is 0 Å². The molecule has 1 amide bonds. The molecular formula is C20H26BrFN4O3. The Morgan fingerprint density at radius 1 is 1.31 bits per heavy atom. The van der Waals surface area contributed by atoms with Crippen LogP contribution in [0.25, 0.3) is 11.0 Å². The minimum Gasteiger partial charge on any atom is -0.486 e. The molecule has 2 unspecified atom stereocenters. The Balaban J connectivity index is 1.42. The summed E-state index contributed by atoms with van der Waals surface area (Å²) in [4.78, 5) is 13.6. The minimum atomic E-state index is -1.30. The summed E-state index contributed by atoms with van der Waals surface area (Å²) < 4.78 is 28.6. The summed E-state index contributed by atoms with van der Waals surface area (Å²) in [5.74, 6) is 1.23. The summed E-state index contributed by atoms with van der Waals surface area (Å²) in [6, 6.07) is 3.74. The maximum Gasteiger partial charge on any atom is 0.410 e. The van der Waals surface area contributed by atoms with Crippen molar-refractivity contribution >= 4 is 33.1 Å². The Labute approximate surface area is 177 Å². The fraction of sp³-hybridized carbons (Fsp3) is 0.650. The van der Waals surface area contributed by atoms with E-state index < -0.39 is 24.0 Å². The second-order valence-electron chi connectivity index (χ2n) is 8.85. The van der Waals surface area contributed by atoms with Crippen LogP contribution in [-0.2, 0) is 11.3 Å². The van der Waals surface area contributed by atoms with Crippen LogP contribution >= 0.6 is 15.9 Å². The molecule has 2 aromatic rings. The fourth-order valence-corrected chi connectivity index (χ4v) is 3.94. The van der Waals surface area contributed by atoms with E-state index in [1.54, 1.807) is 20.8 Å². The topological polar surface area (TPSA) is 69.5 Å². The second kappa shape index (κ2) is 7.74. The molecule has 2 fully saturated rings. The van der Waals surface area contributed by atoms with Gasteiger partial charge in [0.05, 0.1) is 16.5 Å². The Bertz CT molecular complexity index is 909. The van der Waals surface area contributed by atoms with Crippen molar-refractivity contribution in [3.63, 3.8) is 0 Å². The largest absolute Gasteiger partial charge is 0.486 e. The van der Waals surface area contributed by atoms with Gasteiger partial charge in [-0.05, 0) is 67.6 Å². The number of carbonyl (C=O) groups excluding carboxylic acids is 1. The molecular weight excluding hydrogens is 443 g/mol. The number of halogens is 2. The number of likely N-dealkylation sites (tertiary alicyclic amines) is 1. The van der Waals surface area contributed by atoms with E-state index in [1.165, 1.54) is 17.7 Å². The average Bonchev–Trinajstić information content (AvgIpc) is 3.36. The zero-order valence-electron chi connectivity index (χ0n) is 16.9. The lowest BCUT2D eigenvalue weighted by Gasteiger charge is -2.35. The lowest BCUT2D eigenvalue weighted by Crippen LogP contribution is -2.50. The van der Waals surface area contributed by atoms with Crippen molar-refractivity contribution in [2.45, 2.75) is 64.5 Å². The van der Waals surface area contributed by atoms with Gasteiger partial charge in [-0.1, -0.05) is 5.21 Å². The molecule has 2 heterocycles. The van der Waals surface area contributed by atoms with Crippen LogP contribution in [0.1, 0.15) is 40.0 Å². The van der Waals surface area contributed by atoms with Gasteiger partial charge in [0.2, 0.25) is 0 Å². The van der Waals surface area contributed by atoms with E-state index >= 15 is 0 Å². The third-order valence-corrected chi connectivity index (χ3v) is 5.90. The third kappa shape index (κ3) is 4.65. The molecule has 1 aliphatic heterocycles. The first-order chi connectivity index (χ1) is 13.7. The summed E-state index contributed by atoms with van der Waals surface area (Å²) in [6.07, 6.45) is 0.439. The number of hydrogen-bond donors (Lipinski definition) is 0. The molecule has 4 rings (SSSR count). The van der Waals surface area contributed by atoms with Crippen LogP contribution in [0.3, 0.4) is 0 Å². The number of rotatable bonds is 4. The van der Waals surface area contributed by atoms with Crippen LogP contribution in [0.5, 0.6) is 5.75 Å². The summed E-state index contributed by atoms with van der Waals surface area (Å²) in [5, 5.41) is 8.51. The number of fused-ring (bicyclic) bond motifs is 1. The van der Waals surface area contributed by atoms with Crippen molar-refractivity contribution < 1.29 is 18.7 Å². The molecule has 0 N–H and O–H groups in total. The van der Waals surface area contributed by atoms with Crippen molar-refractivity contribution in [2.24, 2.45) is 5.92 Å². The van der Waals surface area contributed by atoms with Crippen molar-refractivity contribution in [3.8, 4) is 5.75 Å². The number of benzene rings is 1. The van der Waals surface area contributed by atoms with E-state index in [2.05, 4.69) is 26.2 Å². The standard InChI is InChI=1S/C20H26BrFN4O3/c1-20(2,3)29-19(27)25-9-8-15(13(22)11-25)28-16-7-6-14-18(17(16)21)23-24-26(14)10-12-4-5-12/h6-7,12-13,15H,4-5,8-11H2,1-3H3. The first kappa shape index (κ1) is 20.4. The van der Waals surface area contributed by atoms with Gasteiger partial charge < -0.3 is 14.4 Å². The van der Waals surface area contributed by atoms with E-state index in [-0.39, 0.29) is 6.54 Å². The highest BCUT2D eigenvalue weighted by Gasteiger charge is 2.35. The molecule has 1 saturated heterocycles. The Morgan fingerprint density at radius 2 is 2.07 bits per heavy atom. The van der Waals surface area contributed by atoms with Crippen molar-refractivity contribution in [1.29, 1.82) is 0 Å². The molecule has 2 atom stereocenters. The van der Waals surface area contributed by atoms with E-state index in [4.69, 9.17) is 9.47 Å². The average molecular weight is 469 g/mol. The highest BCUT2D eigenvalue weighted by Crippen LogP contribution is 2.36. The maximum atomic E-state index is 14.8. The molecule has 1 aromatic heterocycles. The van der Waals surface area contributed by atoms with Gasteiger partial charge >= 0.3 is 6.09 Å². The molecule has 0 spiro atoms. The smallest absolute Gasteiger partial charge is 0.410 e. The summed E-state index contributed by atoms with van der Waals surface area (Å²) in [6.45, 7) is 6.60. The normalized spacial score (nSPS) is 22.7. The third-order valence-electron chi connectivity index (χ3n) is 5.13. The Hall–Kier alpha value is -1.90. The van der Waals surface area contributed by atoms with E-state index in [9.17, 15) is 9.18 Å². The van der Waals surface area contributed by atoms with Crippen molar-refractivity contribution in [1.82, 2.24) is 19.9 Å². The van der Waals surface area contributed by atoms with Crippen molar-refractivity contribution in [3.05, 3.63) is 16.6 Å². The molecule has 1 saturated carbocycles. The molecule has 2 aliphatic rings. The zero-order valence-corrected chi connectivity index (χ0v) is 18.5. The van der Waals surface area contributed by atoms with Crippen molar-refractivity contribution in [2.75, 3.05) is 13.1 Å². The minimum absolute atomic E-state index is 0.0446. The lowest BCUT2D eigenvalue weighted by atomic mass is 10.1. The predicted molar refractivity (Wildman–Crippen MR) is 110 cm³/mol. The van der Waals surface area contributed by atoms with Gasteiger partial charge in [0.15, 0.2) is 6.17 Å². The van der Waals surface area contributed by atoms with Crippen LogP contribution in [-0.4, -0.2) is 57.0 Å². The molecule has 0 radical (unpaired) electrons. The molecule has 29 heavy (non-hydrogen) atoms. The Morgan fingerprint density at radius 3 is 2.72 bits per heavy atom. The van der Waals surface area contributed by atoms with Crippen LogP contribution in [0, 0.1) is 5.92 Å². The predicted octanol–water partition coefficient (Wildman–Crippen LogP) is 4.33. The SMILES string of the molecule is CC(C)(C)OC(=O)N1CCC(Oc2ccc3c(nnn3CC3CC3)c2Br)C(F)C1. The number of alkyl halides is 1. The molecule has 1 aliphatic carbocycles. The number of carbonyl (C=O) groups is 1.